The first-order chi connectivity index (χ1) is 8.97. The Balaban J connectivity index is 2.30. The number of carbonyl (C=O) groups excluding carboxylic acids is 1. The second-order valence-electron chi connectivity index (χ2n) is 4.02. The highest BCUT2D eigenvalue weighted by molar-refractivity contribution is 6.33. The molecule has 0 spiro atoms. The maximum atomic E-state index is 12.1. The van der Waals surface area contributed by atoms with Crippen LogP contribution in [0.15, 0.2) is 30.5 Å². The summed E-state index contributed by atoms with van der Waals surface area (Å²) in [7, 11) is 0. The summed E-state index contributed by atoms with van der Waals surface area (Å²) in [6.45, 7) is 1.87. The van der Waals surface area contributed by atoms with E-state index in [9.17, 15) is 4.79 Å². The van der Waals surface area contributed by atoms with Gasteiger partial charge >= 0.3 is 0 Å². The molecule has 98 valence electrons. The van der Waals surface area contributed by atoms with Gasteiger partial charge in [-0.25, -0.2) is 4.98 Å². The second kappa shape index (κ2) is 5.47. The zero-order valence-electron chi connectivity index (χ0n) is 10.1. The van der Waals surface area contributed by atoms with Crippen molar-refractivity contribution in [1.29, 1.82) is 0 Å². The van der Waals surface area contributed by atoms with Crippen molar-refractivity contribution >= 4 is 40.5 Å². The van der Waals surface area contributed by atoms with Gasteiger partial charge < -0.3 is 11.1 Å². The molecule has 1 aromatic carbocycles. The maximum Gasteiger partial charge on any atom is 0.258 e. The molecule has 0 atom stereocenters. The van der Waals surface area contributed by atoms with Crippen LogP contribution in [-0.2, 0) is 0 Å². The van der Waals surface area contributed by atoms with Gasteiger partial charge in [-0.05, 0) is 30.7 Å². The van der Waals surface area contributed by atoms with Crippen molar-refractivity contribution < 1.29 is 4.79 Å². The quantitative estimate of drug-likeness (QED) is 0.833. The lowest BCUT2D eigenvalue weighted by Crippen LogP contribution is -2.14. The van der Waals surface area contributed by atoms with Crippen molar-refractivity contribution in [2.24, 2.45) is 0 Å². The highest BCUT2D eigenvalue weighted by atomic mass is 35.5. The van der Waals surface area contributed by atoms with Crippen LogP contribution in [0.2, 0.25) is 10.2 Å². The molecule has 4 nitrogen and oxygen atoms in total. The van der Waals surface area contributed by atoms with Gasteiger partial charge in [-0.3, -0.25) is 4.79 Å². The van der Waals surface area contributed by atoms with Gasteiger partial charge in [0.25, 0.3) is 5.91 Å². The van der Waals surface area contributed by atoms with Gasteiger partial charge in [0.1, 0.15) is 5.15 Å². The molecule has 2 aromatic rings. The number of pyridine rings is 1. The first-order valence-electron chi connectivity index (χ1n) is 5.46. The van der Waals surface area contributed by atoms with Crippen LogP contribution >= 0.6 is 23.2 Å². The Morgan fingerprint density at radius 2 is 2.05 bits per heavy atom. The van der Waals surface area contributed by atoms with E-state index < -0.39 is 0 Å². The van der Waals surface area contributed by atoms with Gasteiger partial charge in [-0.1, -0.05) is 29.3 Å². The minimum Gasteiger partial charge on any atom is -0.397 e. The fraction of sp³-hybridized carbons (Fsp3) is 0.0769. The molecule has 0 fully saturated rings. The van der Waals surface area contributed by atoms with Crippen LogP contribution in [0.5, 0.6) is 0 Å². The average Bonchev–Trinajstić information content (AvgIpc) is 2.36. The van der Waals surface area contributed by atoms with E-state index in [1.807, 2.05) is 13.0 Å². The molecule has 0 radical (unpaired) electrons. The van der Waals surface area contributed by atoms with E-state index in [4.69, 9.17) is 28.9 Å². The molecule has 0 unspecified atom stereocenters. The van der Waals surface area contributed by atoms with Gasteiger partial charge in [0.15, 0.2) is 0 Å². The molecule has 2 rings (SSSR count). The molecule has 3 N–H and O–H groups in total. The van der Waals surface area contributed by atoms with Crippen LogP contribution in [-0.4, -0.2) is 10.9 Å². The number of halogens is 2. The van der Waals surface area contributed by atoms with Gasteiger partial charge in [-0.15, -0.1) is 0 Å². The van der Waals surface area contributed by atoms with E-state index in [1.165, 1.54) is 12.3 Å². The number of aryl methyl sites for hydroxylation is 1. The molecule has 0 aliphatic rings. The third-order valence-corrected chi connectivity index (χ3v) is 3.09. The maximum absolute atomic E-state index is 12.1. The summed E-state index contributed by atoms with van der Waals surface area (Å²) in [5.41, 5.74) is 7.70. The Morgan fingerprint density at radius 3 is 2.79 bits per heavy atom. The summed E-state index contributed by atoms with van der Waals surface area (Å²) in [6, 6.07) is 6.71. The minimum atomic E-state index is -0.379. The zero-order valence-corrected chi connectivity index (χ0v) is 11.6. The van der Waals surface area contributed by atoms with E-state index in [0.29, 0.717) is 16.4 Å². The number of nitrogens with one attached hydrogen (secondary N) is 1. The first kappa shape index (κ1) is 13.6. The van der Waals surface area contributed by atoms with Crippen molar-refractivity contribution in [3.8, 4) is 0 Å². The fourth-order valence-electron chi connectivity index (χ4n) is 1.54. The molecule has 6 heteroatoms. The number of rotatable bonds is 2. The molecular weight excluding hydrogens is 285 g/mol. The van der Waals surface area contributed by atoms with Gasteiger partial charge in [0, 0.05) is 10.7 Å². The van der Waals surface area contributed by atoms with Gasteiger partial charge in [0.2, 0.25) is 0 Å². The smallest absolute Gasteiger partial charge is 0.258 e. The molecule has 1 heterocycles. The molecule has 0 saturated heterocycles. The monoisotopic (exact) mass is 295 g/mol. The molecule has 1 amide bonds. The van der Waals surface area contributed by atoms with Crippen molar-refractivity contribution in [2.45, 2.75) is 6.92 Å². The predicted molar refractivity (Wildman–Crippen MR) is 77.8 cm³/mol. The third kappa shape index (κ3) is 3.16. The summed E-state index contributed by atoms with van der Waals surface area (Å²) in [4.78, 5) is 16.0. The van der Waals surface area contributed by atoms with Gasteiger partial charge in [-0.2, -0.15) is 0 Å². The number of benzene rings is 1. The van der Waals surface area contributed by atoms with Crippen molar-refractivity contribution in [2.75, 3.05) is 11.1 Å². The normalized spacial score (nSPS) is 10.3. The van der Waals surface area contributed by atoms with Crippen LogP contribution in [0.3, 0.4) is 0 Å². The van der Waals surface area contributed by atoms with E-state index in [-0.39, 0.29) is 16.6 Å². The van der Waals surface area contributed by atoms with Crippen LogP contribution < -0.4 is 11.1 Å². The molecule has 0 saturated carbocycles. The molecular formula is C13H11Cl2N3O. The van der Waals surface area contributed by atoms with Crippen LogP contribution in [0.1, 0.15) is 15.9 Å². The van der Waals surface area contributed by atoms with E-state index in [0.717, 1.165) is 5.56 Å². The number of nitrogens with two attached hydrogens (primary N) is 1. The van der Waals surface area contributed by atoms with Crippen LogP contribution in [0, 0.1) is 6.92 Å². The Hall–Kier alpha value is -1.78. The molecule has 19 heavy (non-hydrogen) atoms. The van der Waals surface area contributed by atoms with Crippen molar-refractivity contribution in [3.63, 3.8) is 0 Å². The summed E-state index contributed by atoms with van der Waals surface area (Å²) < 4.78 is 0. The SMILES string of the molecule is Cc1ccc(Cl)cc1NC(=O)c1cc(N)cnc1Cl. The Morgan fingerprint density at radius 1 is 1.32 bits per heavy atom. The Bertz CT molecular complexity index is 644. The minimum absolute atomic E-state index is 0.103. The lowest BCUT2D eigenvalue weighted by Gasteiger charge is -2.09. The van der Waals surface area contributed by atoms with Crippen molar-refractivity contribution in [3.05, 3.63) is 51.8 Å². The molecule has 1 aromatic heterocycles. The number of hydrogen-bond donors (Lipinski definition) is 2. The lowest BCUT2D eigenvalue weighted by atomic mass is 10.2. The number of amides is 1. The highest BCUT2D eigenvalue weighted by Gasteiger charge is 2.13. The second-order valence-corrected chi connectivity index (χ2v) is 4.81. The van der Waals surface area contributed by atoms with E-state index >= 15 is 0 Å². The number of carbonyl (C=O) groups is 1. The first-order valence-corrected chi connectivity index (χ1v) is 6.21. The zero-order chi connectivity index (χ0) is 14.0. The van der Waals surface area contributed by atoms with Crippen molar-refractivity contribution in [1.82, 2.24) is 4.98 Å². The molecule has 0 bridgehead atoms. The number of anilines is 2. The number of hydrogen-bond acceptors (Lipinski definition) is 3. The number of aromatic nitrogens is 1. The van der Waals surface area contributed by atoms with E-state index in [2.05, 4.69) is 10.3 Å². The summed E-state index contributed by atoms with van der Waals surface area (Å²) in [6.07, 6.45) is 1.39. The topological polar surface area (TPSA) is 68.0 Å². The highest BCUT2D eigenvalue weighted by Crippen LogP contribution is 2.22. The van der Waals surface area contributed by atoms with E-state index in [1.54, 1.807) is 12.1 Å². The third-order valence-electron chi connectivity index (χ3n) is 2.55. The summed E-state index contributed by atoms with van der Waals surface area (Å²) in [5, 5.41) is 3.37. The summed E-state index contributed by atoms with van der Waals surface area (Å²) >= 11 is 11.8. The largest absolute Gasteiger partial charge is 0.397 e. The number of nitrogens with zero attached hydrogens (tertiary/aromatic N) is 1. The lowest BCUT2D eigenvalue weighted by molar-refractivity contribution is 0.102. The average molecular weight is 296 g/mol. The summed E-state index contributed by atoms with van der Waals surface area (Å²) in [5.74, 6) is -0.379. The Labute approximate surface area is 120 Å². The molecule has 0 aliphatic carbocycles. The van der Waals surface area contributed by atoms with Crippen LogP contribution in [0.4, 0.5) is 11.4 Å². The van der Waals surface area contributed by atoms with Crippen LogP contribution in [0.25, 0.3) is 0 Å². The molecule has 0 aliphatic heterocycles. The number of nitrogen functional groups attached to an aromatic ring is 1. The fourth-order valence-corrected chi connectivity index (χ4v) is 1.90. The predicted octanol–water partition coefficient (Wildman–Crippen LogP) is 3.53. The van der Waals surface area contributed by atoms with Gasteiger partial charge in [0.05, 0.1) is 17.4 Å². The standard InChI is InChI=1S/C13H11Cl2N3O/c1-7-2-3-8(14)4-11(7)18-13(19)10-5-9(16)6-17-12(10)15/h2-6H,16H2,1H3,(H,18,19). The Kier molecular flexibility index (Phi) is 3.93.